The van der Waals surface area contributed by atoms with Crippen LogP contribution in [0.25, 0.3) is 0 Å². The molecule has 114 valence electrons. The van der Waals surface area contributed by atoms with Crippen molar-refractivity contribution in [1.29, 1.82) is 0 Å². The maximum atomic E-state index is 11.9. The van der Waals surface area contributed by atoms with Crippen molar-refractivity contribution in [3.05, 3.63) is 70.7 Å². The van der Waals surface area contributed by atoms with Gasteiger partial charge in [-0.25, -0.2) is 5.43 Å². The van der Waals surface area contributed by atoms with Crippen LogP contribution in [0, 0.1) is 0 Å². The Bertz CT molecular complexity index is 644. The minimum Gasteiger partial charge on any atom is -0.368 e. The number of hydrogen-bond donors (Lipinski definition) is 3. The molecule has 0 saturated carbocycles. The van der Waals surface area contributed by atoms with E-state index in [-0.39, 0.29) is 12.3 Å². The van der Waals surface area contributed by atoms with Crippen LogP contribution in [0.5, 0.6) is 0 Å². The normalized spacial score (nSPS) is 11.7. The van der Waals surface area contributed by atoms with Gasteiger partial charge in [0.25, 0.3) is 0 Å². The number of hydrogen-bond acceptors (Lipinski definition) is 3. The van der Waals surface area contributed by atoms with Gasteiger partial charge in [0.2, 0.25) is 11.8 Å². The molecule has 0 spiro atoms. The molecule has 5 nitrogen and oxygen atoms in total. The van der Waals surface area contributed by atoms with Gasteiger partial charge >= 0.3 is 0 Å². The second-order valence-electron chi connectivity index (χ2n) is 4.74. The molecule has 0 unspecified atom stereocenters. The van der Waals surface area contributed by atoms with Crippen molar-refractivity contribution in [2.45, 2.75) is 12.5 Å². The quantitative estimate of drug-likeness (QED) is 0.709. The predicted octanol–water partition coefficient (Wildman–Crippen LogP) is 1.73. The van der Waals surface area contributed by atoms with E-state index >= 15 is 0 Å². The summed E-state index contributed by atoms with van der Waals surface area (Å²) in [7, 11) is 0. The fourth-order valence-corrected chi connectivity index (χ4v) is 2.07. The molecule has 22 heavy (non-hydrogen) atoms. The zero-order chi connectivity index (χ0) is 15.9. The van der Waals surface area contributed by atoms with Gasteiger partial charge in [0.15, 0.2) is 0 Å². The lowest BCUT2D eigenvalue weighted by Gasteiger charge is -2.16. The van der Waals surface area contributed by atoms with Crippen molar-refractivity contribution in [2.75, 3.05) is 0 Å². The van der Waals surface area contributed by atoms with Crippen LogP contribution in [0.2, 0.25) is 5.02 Å². The van der Waals surface area contributed by atoms with Crippen LogP contribution in [0.4, 0.5) is 0 Å². The Morgan fingerprint density at radius 2 is 1.68 bits per heavy atom. The van der Waals surface area contributed by atoms with Crippen LogP contribution in [0.15, 0.2) is 54.6 Å². The molecule has 0 heterocycles. The highest BCUT2D eigenvalue weighted by Crippen LogP contribution is 2.11. The molecule has 0 saturated heterocycles. The molecule has 1 atom stereocenters. The molecule has 4 N–H and O–H groups in total. The number of primary amides is 1. The highest BCUT2D eigenvalue weighted by atomic mass is 35.5. The number of carbonyl (C=O) groups is 2. The number of nitrogens with two attached hydrogens (primary N) is 1. The Morgan fingerprint density at radius 3 is 2.27 bits per heavy atom. The third kappa shape index (κ3) is 4.58. The standard InChI is InChI=1S/C16H16ClN3O2/c17-13-8-6-11(7-9-13)10-14(21)19-20-15(16(18)22)12-4-2-1-3-5-12/h1-9,15,20H,10H2,(H2,18,22)(H,19,21)/t15-/m0/s1. The predicted molar refractivity (Wildman–Crippen MR) is 84.8 cm³/mol. The third-order valence-electron chi connectivity index (χ3n) is 3.05. The van der Waals surface area contributed by atoms with E-state index in [0.717, 1.165) is 5.56 Å². The van der Waals surface area contributed by atoms with Crippen molar-refractivity contribution in [2.24, 2.45) is 5.73 Å². The van der Waals surface area contributed by atoms with Gasteiger partial charge in [-0.1, -0.05) is 54.1 Å². The van der Waals surface area contributed by atoms with Crippen molar-refractivity contribution in [1.82, 2.24) is 10.9 Å². The van der Waals surface area contributed by atoms with E-state index in [1.807, 2.05) is 6.07 Å². The zero-order valence-electron chi connectivity index (χ0n) is 11.8. The first-order valence-electron chi connectivity index (χ1n) is 6.69. The first kappa shape index (κ1) is 16.0. The average Bonchev–Trinajstić information content (AvgIpc) is 2.50. The molecule has 0 bridgehead atoms. The number of nitrogens with one attached hydrogen (secondary N) is 2. The van der Waals surface area contributed by atoms with Gasteiger partial charge in [0, 0.05) is 5.02 Å². The van der Waals surface area contributed by atoms with Crippen LogP contribution in [0.3, 0.4) is 0 Å². The topological polar surface area (TPSA) is 84.2 Å². The van der Waals surface area contributed by atoms with Crippen molar-refractivity contribution in [3.63, 3.8) is 0 Å². The molecular formula is C16H16ClN3O2. The fourth-order valence-electron chi connectivity index (χ4n) is 1.95. The molecule has 2 amide bonds. The zero-order valence-corrected chi connectivity index (χ0v) is 12.5. The van der Waals surface area contributed by atoms with E-state index in [4.69, 9.17) is 17.3 Å². The molecule has 2 rings (SSSR count). The summed E-state index contributed by atoms with van der Waals surface area (Å²) >= 11 is 5.79. The van der Waals surface area contributed by atoms with Crippen LogP contribution in [-0.4, -0.2) is 11.8 Å². The maximum absolute atomic E-state index is 11.9. The smallest absolute Gasteiger partial charge is 0.240 e. The van der Waals surface area contributed by atoms with E-state index in [2.05, 4.69) is 10.9 Å². The molecule has 2 aromatic carbocycles. The van der Waals surface area contributed by atoms with Gasteiger partial charge in [-0.2, -0.15) is 0 Å². The van der Waals surface area contributed by atoms with E-state index < -0.39 is 11.9 Å². The van der Waals surface area contributed by atoms with Crippen LogP contribution >= 0.6 is 11.6 Å². The number of hydrazine groups is 1. The fraction of sp³-hybridized carbons (Fsp3) is 0.125. The Hall–Kier alpha value is -2.37. The summed E-state index contributed by atoms with van der Waals surface area (Å²) in [6, 6.07) is 15.1. The molecule has 0 aliphatic carbocycles. The number of benzene rings is 2. The molecular weight excluding hydrogens is 302 g/mol. The van der Waals surface area contributed by atoms with Gasteiger partial charge in [-0.05, 0) is 23.3 Å². The Labute approximate surface area is 133 Å². The lowest BCUT2D eigenvalue weighted by molar-refractivity contribution is -0.123. The van der Waals surface area contributed by atoms with Crippen LogP contribution in [0.1, 0.15) is 17.2 Å². The summed E-state index contributed by atoms with van der Waals surface area (Å²) < 4.78 is 0. The lowest BCUT2D eigenvalue weighted by Crippen LogP contribution is -2.45. The van der Waals surface area contributed by atoms with Gasteiger partial charge in [-0.15, -0.1) is 0 Å². The Balaban J connectivity index is 1.93. The molecule has 6 heteroatoms. The van der Waals surface area contributed by atoms with Crippen molar-refractivity contribution in [3.8, 4) is 0 Å². The van der Waals surface area contributed by atoms with Gasteiger partial charge in [-0.3, -0.25) is 15.0 Å². The molecule has 2 aromatic rings. The molecule has 0 aliphatic rings. The van der Waals surface area contributed by atoms with Crippen LogP contribution < -0.4 is 16.6 Å². The van der Waals surface area contributed by atoms with Crippen molar-refractivity contribution < 1.29 is 9.59 Å². The third-order valence-corrected chi connectivity index (χ3v) is 3.30. The Morgan fingerprint density at radius 1 is 1.05 bits per heavy atom. The van der Waals surface area contributed by atoms with Gasteiger partial charge in [0.1, 0.15) is 6.04 Å². The highest BCUT2D eigenvalue weighted by Gasteiger charge is 2.17. The largest absolute Gasteiger partial charge is 0.368 e. The molecule has 0 radical (unpaired) electrons. The second kappa shape index (κ2) is 7.59. The first-order valence-corrected chi connectivity index (χ1v) is 7.07. The SMILES string of the molecule is NC(=O)[C@@H](NNC(=O)Cc1ccc(Cl)cc1)c1ccccc1. The Kier molecular flexibility index (Phi) is 5.52. The summed E-state index contributed by atoms with van der Waals surface area (Å²) in [6.45, 7) is 0. The summed E-state index contributed by atoms with van der Waals surface area (Å²) in [5, 5.41) is 0.611. The highest BCUT2D eigenvalue weighted by molar-refractivity contribution is 6.30. The maximum Gasteiger partial charge on any atom is 0.240 e. The van der Waals surface area contributed by atoms with Crippen LogP contribution in [-0.2, 0) is 16.0 Å². The molecule has 0 aromatic heterocycles. The number of amides is 2. The number of halogens is 1. The average molecular weight is 318 g/mol. The summed E-state index contributed by atoms with van der Waals surface area (Å²) in [4.78, 5) is 23.4. The van der Waals surface area contributed by atoms with E-state index in [1.54, 1.807) is 48.5 Å². The number of carbonyl (C=O) groups excluding carboxylic acids is 2. The summed E-state index contributed by atoms with van der Waals surface area (Å²) in [5.41, 5.74) is 12.0. The van der Waals surface area contributed by atoms with Gasteiger partial charge in [0.05, 0.1) is 6.42 Å². The van der Waals surface area contributed by atoms with E-state index in [1.165, 1.54) is 0 Å². The summed E-state index contributed by atoms with van der Waals surface area (Å²) in [5.74, 6) is -0.845. The number of rotatable bonds is 6. The van der Waals surface area contributed by atoms with E-state index in [0.29, 0.717) is 10.6 Å². The van der Waals surface area contributed by atoms with Gasteiger partial charge < -0.3 is 5.73 Å². The minimum atomic E-state index is -0.782. The lowest BCUT2D eigenvalue weighted by atomic mass is 10.1. The van der Waals surface area contributed by atoms with E-state index in [9.17, 15) is 9.59 Å². The monoisotopic (exact) mass is 317 g/mol. The second-order valence-corrected chi connectivity index (χ2v) is 5.18. The molecule has 0 fully saturated rings. The minimum absolute atomic E-state index is 0.171. The first-order chi connectivity index (χ1) is 10.6. The molecule has 0 aliphatic heterocycles. The van der Waals surface area contributed by atoms with Crippen molar-refractivity contribution >= 4 is 23.4 Å². The summed E-state index contributed by atoms with van der Waals surface area (Å²) in [6.07, 6.45) is 0.171.